The highest BCUT2D eigenvalue weighted by molar-refractivity contribution is 6.13. The predicted molar refractivity (Wildman–Crippen MR) is 116 cm³/mol. The minimum absolute atomic E-state index is 0.0100. The van der Waals surface area contributed by atoms with Crippen molar-refractivity contribution in [1.82, 2.24) is 4.90 Å². The highest BCUT2D eigenvalue weighted by Gasteiger charge is 2.58. The highest BCUT2D eigenvalue weighted by Crippen LogP contribution is 2.48. The van der Waals surface area contributed by atoms with E-state index in [0.717, 1.165) is 29.9 Å². The standard InChI is InChI=1S/C24H29N3O2/c1-17-6-4-8-20(16-17)26-12-14-27(15-13-26)23(29)24(10-11-24)22(28)25-21-9-5-7-18(2)19(21)3/h4-9,16H,10-15H2,1-3H3,(H,25,28). The van der Waals surface area contributed by atoms with Gasteiger partial charge < -0.3 is 15.1 Å². The summed E-state index contributed by atoms with van der Waals surface area (Å²) in [5.74, 6) is -0.165. The van der Waals surface area contributed by atoms with E-state index in [1.54, 1.807) is 0 Å². The number of hydrogen-bond donors (Lipinski definition) is 1. The minimum atomic E-state index is -0.873. The number of carbonyl (C=O) groups is 2. The molecule has 1 heterocycles. The Hall–Kier alpha value is -2.82. The lowest BCUT2D eigenvalue weighted by molar-refractivity contribution is -0.142. The first-order chi connectivity index (χ1) is 13.9. The van der Waals surface area contributed by atoms with Crippen LogP contribution in [0.15, 0.2) is 42.5 Å². The topological polar surface area (TPSA) is 52.7 Å². The molecular weight excluding hydrogens is 362 g/mol. The number of piperazine rings is 1. The zero-order valence-corrected chi connectivity index (χ0v) is 17.5. The molecule has 1 saturated carbocycles. The van der Waals surface area contributed by atoms with E-state index >= 15 is 0 Å². The van der Waals surface area contributed by atoms with E-state index in [9.17, 15) is 9.59 Å². The second kappa shape index (κ2) is 7.54. The van der Waals surface area contributed by atoms with Gasteiger partial charge in [-0.2, -0.15) is 0 Å². The third kappa shape index (κ3) is 3.74. The van der Waals surface area contributed by atoms with Crippen LogP contribution in [0.5, 0.6) is 0 Å². The van der Waals surface area contributed by atoms with Crippen LogP contribution in [0.3, 0.4) is 0 Å². The number of nitrogens with one attached hydrogen (secondary N) is 1. The summed E-state index contributed by atoms with van der Waals surface area (Å²) in [5, 5.41) is 3.02. The molecule has 0 spiro atoms. The molecule has 2 aromatic rings. The van der Waals surface area contributed by atoms with Gasteiger partial charge in [0.2, 0.25) is 11.8 Å². The largest absolute Gasteiger partial charge is 0.368 e. The Labute approximate surface area is 172 Å². The molecule has 0 aromatic heterocycles. The number of amides is 2. The molecule has 2 aromatic carbocycles. The van der Waals surface area contributed by atoms with Gasteiger partial charge in [-0.15, -0.1) is 0 Å². The average molecular weight is 392 g/mol. The Morgan fingerprint density at radius 1 is 0.931 bits per heavy atom. The van der Waals surface area contributed by atoms with Crippen LogP contribution in [0.25, 0.3) is 0 Å². The van der Waals surface area contributed by atoms with E-state index in [4.69, 9.17) is 0 Å². The van der Waals surface area contributed by atoms with Crippen molar-refractivity contribution in [2.24, 2.45) is 5.41 Å². The van der Waals surface area contributed by atoms with Gasteiger partial charge in [0.05, 0.1) is 0 Å². The molecule has 2 aliphatic rings. The number of anilines is 2. The van der Waals surface area contributed by atoms with E-state index in [2.05, 4.69) is 41.4 Å². The molecule has 29 heavy (non-hydrogen) atoms. The number of carbonyl (C=O) groups excluding carboxylic acids is 2. The van der Waals surface area contributed by atoms with Crippen LogP contribution in [-0.2, 0) is 9.59 Å². The van der Waals surface area contributed by atoms with Crippen LogP contribution in [-0.4, -0.2) is 42.9 Å². The normalized spacial score (nSPS) is 17.8. The molecule has 1 aliphatic carbocycles. The SMILES string of the molecule is Cc1cccc(N2CCN(C(=O)C3(C(=O)Nc4cccc(C)c4C)CC3)CC2)c1. The first-order valence-corrected chi connectivity index (χ1v) is 10.4. The molecule has 0 atom stereocenters. The highest BCUT2D eigenvalue weighted by atomic mass is 16.2. The quantitative estimate of drug-likeness (QED) is 0.809. The fraction of sp³-hybridized carbons (Fsp3) is 0.417. The summed E-state index contributed by atoms with van der Waals surface area (Å²) in [6.07, 6.45) is 1.28. The second-order valence-electron chi connectivity index (χ2n) is 8.40. The number of benzene rings is 2. The van der Waals surface area contributed by atoms with Crippen molar-refractivity contribution in [3.8, 4) is 0 Å². The Morgan fingerprint density at radius 3 is 2.28 bits per heavy atom. The lowest BCUT2D eigenvalue weighted by Gasteiger charge is -2.37. The maximum atomic E-state index is 13.2. The predicted octanol–water partition coefficient (Wildman–Crippen LogP) is 3.68. The molecule has 0 unspecified atom stereocenters. The molecule has 2 fully saturated rings. The summed E-state index contributed by atoms with van der Waals surface area (Å²) in [4.78, 5) is 30.4. The molecule has 4 rings (SSSR count). The van der Waals surface area contributed by atoms with Crippen molar-refractivity contribution < 1.29 is 9.59 Å². The lowest BCUT2D eigenvalue weighted by Crippen LogP contribution is -2.52. The number of nitrogens with zero attached hydrogens (tertiary/aromatic N) is 2. The Bertz CT molecular complexity index is 941. The van der Waals surface area contributed by atoms with E-state index < -0.39 is 5.41 Å². The summed E-state index contributed by atoms with van der Waals surface area (Å²) >= 11 is 0. The lowest BCUT2D eigenvalue weighted by atomic mass is 10.0. The van der Waals surface area contributed by atoms with Crippen LogP contribution in [0, 0.1) is 26.2 Å². The third-order valence-electron chi connectivity index (χ3n) is 6.38. The van der Waals surface area contributed by atoms with Gasteiger partial charge in [0.1, 0.15) is 5.41 Å². The van der Waals surface area contributed by atoms with Crippen molar-refractivity contribution in [1.29, 1.82) is 0 Å². The van der Waals surface area contributed by atoms with Gasteiger partial charge in [-0.25, -0.2) is 0 Å². The number of aryl methyl sites for hydroxylation is 2. The molecule has 152 valence electrons. The van der Waals surface area contributed by atoms with Crippen LogP contribution >= 0.6 is 0 Å². The van der Waals surface area contributed by atoms with Crippen molar-refractivity contribution in [2.45, 2.75) is 33.6 Å². The van der Waals surface area contributed by atoms with Gasteiger partial charge in [-0.1, -0.05) is 24.3 Å². The van der Waals surface area contributed by atoms with E-state index in [-0.39, 0.29) is 11.8 Å². The van der Waals surface area contributed by atoms with Gasteiger partial charge in [0.15, 0.2) is 0 Å². The van der Waals surface area contributed by atoms with Crippen molar-refractivity contribution in [2.75, 3.05) is 36.4 Å². The Kier molecular flexibility index (Phi) is 5.07. The third-order valence-corrected chi connectivity index (χ3v) is 6.38. The Balaban J connectivity index is 1.40. The van der Waals surface area contributed by atoms with E-state index in [1.165, 1.54) is 11.3 Å². The first kappa shape index (κ1) is 19.5. The van der Waals surface area contributed by atoms with Gasteiger partial charge in [0, 0.05) is 37.6 Å². The Morgan fingerprint density at radius 2 is 1.62 bits per heavy atom. The molecule has 1 saturated heterocycles. The van der Waals surface area contributed by atoms with Crippen molar-refractivity contribution in [3.05, 3.63) is 59.2 Å². The average Bonchev–Trinajstić information content (AvgIpc) is 3.53. The van der Waals surface area contributed by atoms with Gasteiger partial charge in [0.25, 0.3) is 0 Å². The monoisotopic (exact) mass is 391 g/mol. The molecule has 0 bridgehead atoms. The van der Waals surface area contributed by atoms with E-state index in [1.807, 2.05) is 36.9 Å². The maximum Gasteiger partial charge on any atom is 0.240 e. The van der Waals surface area contributed by atoms with Crippen LogP contribution < -0.4 is 10.2 Å². The fourth-order valence-corrected chi connectivity index (χ4v) is 4.09. The first-order valence-electron chi connectivity index (χ1n) is 10.4. The smallest absolute Gasteiger partial charge is 0.240 e. The zero-order chi connectivity index (χ0) is 20.6. The van der Waals surface area contributed by atoms with Crippen LogP contribution in [0.1, 0.15) is 29.5 Å². The number of rotatable bonds is 4. The second-order valence-corrected chi connectivity index (χ2v) is 8.40. The molecule has 1 aliphatic heterocycles. The summed E-state index contributed by atoms with van der Waals surface area (Å²) in [6, 6.07) is 14.3. The van der Waals surface area contributed by atoms with Crippen molar-refractivity contribution in [3.63, 3.8) is 0 Å². The molecular formula is C24H29N3O2. The van der Waals surface area contributed by atoms with Gasteiger partial charge in [-0.3, -0.25) is 9.59 Å². The summed E-state index contributed by atoms with van der Waals surface area (Å²) in [7, 11) is 0. The van der Waals surface area contributed by atoms with Crippen molar-refractivity contribution >= 4 is 23.2 Å². The van der Waals surface area contributed by atoms with Gasteiger partial charge >= 0.3 is 0 Å². The summed E-state index contributed by atoms with van der Waals surface area (Å²) in [5.41, 5.74) is 4.55. The molecule has 1 N–H and O–H groups in total. The van der Waals surface area contributed by atoms with Crippen LogP contribution in [0.4, 0.5) is 11.4 Å². The summed E-state index contributed by atoms with van der Waals surface area (Å²) in [6.45, 7) is 9.02. The minimum Gasteiger partial charge on any atom is -0.368 e. The molecule has 5 heteroatoms. The summed E-state index contributed by atoms with van der Waals surface area (Å²) < 4.78 is 0. The molecule has 5 nitrogen and oxygen atoms in total. The molecule has 0 radical (unpaired) electrons. The maximum absolute atomic E-state index is 13.2. The van der Waals surface area contributed by atoms with E-state index in [0.29, 0.717) is 25.9 Å². The van der Waals surface area contributed by atoms with Crippen LogP contribution in [0.2, 0.25) is 0 Å². The molecule has 2 amide bonds. The zero-order valence-electron chi connectivity index (χ0n) is 17.5. The van der Waals surface area contributed by atoms with Gasteiger partial charge in [-0.05, 0) is 68.5 Å². The number of hydrogen-bond acceptors (Lipinski definition) is 3. The fourth-order valence-electron chi connectivity index (χ4n) is 4.09.